The normalized spacial score (nSPS) is 11.1. The molecule has 2 heterocycles. The summed E-state index contributed by atoms with van der Waals surface area (Å²) < 4.78 is 11.5. The fourth-order valence-electron chi connectivity index (χ4n) is 1.64. The molecule has 16 heavy (non-hydrogen) atoms. The Labute approximate surface area is 99.1 Å². The van der Waals surface area contributed by atoms with Crippen LogP contribution < -0.4 is 5.73 Å². The summed E-state index contributed by atoms with van der Waals surface area (Å²) in [5, 5.41) is 4.65. The number of nitrogens with zero attached hydrogens (tertiary/aromatic N) is 1. The summed E-state index contributed by atoms with van der Waals surface area (Å²) in [5.74, 6) is 0.961. The maximum absolute atomic E-state index is 5.52. The van der Waals surface area contributed by atoms with E-state index in [2.05, 4.69) is 21.1 Å². The Bertz CT molecular complexity index is 657. The summed E-state index contributed by atoms with van der Waals surface area (Å²) in [6, 6.07) is 7.46. The van der Waals surface area contributed by atoms with Crippen LogP contribution in [0.25, 0.3) is 22.3 Å². The molecule has 0 aliphatic rings. The largest absolute Gasteiger partial charge is 0.462 e. The first-order chi connectivity index (χ1) is 7.75. The third kappa shape index (κ3) is 1.32. The summed E-state index contributed by atoms with van der Waals surface area (Å²) in [4.78, 5) is 0. The Hall–Kier alpha value is -1.75. The van der Waals surface area contributed by atoms with E-state index in [9.17, 15) is 0 Å². The lowest BCUT2D eigenvalue weighted by Gasteiger charge is -1.96. The van der Waals surface area contributed by atoms with E-state index in [1.807, 2.05) is 18.2 Å². The second kappa shape index (κ2) is 3.38. The topological polar surface area (TPSA) is 65.2 Å². The number of aromatic nitrogens is 1. The second-order valence-corrected chi connectivity index (χ2v) is 4.24. The van der Waals surface area contributed by atoms with Crippen LogP contribution >= 0.6 is 15.9 Å². The van der Waals surface area contributed by atoms with Gasteiger partial charge in [-0.3, -0.25) is 0 Å². The number of fused-ring (bicyclic) bond motifs is 1. The van der Waals surface area contributed by atoms with Gasteiger partial charge >= 0.3 is 0 Å². The van der Waals surface area contributed by atoms with E-state index in [-0.39, 0.29) is 0 Å². The van der Waals surface area contributed by atoms with E-state index in [4.69, 9.17) is 14.7 Å². The van der Waals surface area contributed by atoms with E-state index < -0.39 is 0 Å². The molecule has 0 bridgehead atoms. The molecule has 4 nitrogen and oxygen atoms in total. The first-order valence-electron chi connectivity index (χ1n) is 4.64. The van der Waals surface area contributed by atoms with Gasteiger partial charge in [-0.25, -0.2) is 0 Å². The van der Waals surface area contributed by atoms with Crippen molar-refractivity contribution in [1.29, 1.82) is 0 Å². The lowest BCUT2D eigenvalue weighted by atomic mass is 10.1. The minimum absolute atomic E-state index is 0.359. The van der Waals surface area contributed by atoms with Gasteiger partial charge in [-0.1, -0.05) is 11.2 Å². The number of halogens is 1. The van der Waals surface area contributed by atoms with Gasteiger partial charge in [0, 0.05) is 11.5 Å². The molecule has 0 aliphatic carbocycles. The van der Waals surface area contributed by atoms with Crippen LogP contribution in [0.1, 0.15) is 0 Å². The molecule has 3 aromatic rings. The fraction of sp³-hybridized carbons (Fsp3) is 0. The van der Waals surface area contributed by atoms with Crippen LogP contribution in [0, 0.1) is 0 Å². The standard InChI is InChI=1S/C11H7BrN2O2/c12-8-5-15-11-6(8)2-1-3-7(11)9-4-10(13)14-16-9/h1-5H,(H2,13,14). The minimum atomic E-state index is 0.359. The van der Waals surface area contributed by atoms with Crippen LogP contribution in [0.15, 0.2) is 43.9 Å². The molecule has 0 saturated heterocycles. The molecular formula is C11H7BrN2O2. The van der Waals surface area contributed by atoms with Crippen LogP contribution in [0.5, 0.6) is 0 Å². The fourth-order valence-corrected chi connectivity index (χ4v) is 2.04. The highest BCUT2D eigenvalue weighted by atomic mass is 79.9. The van der Waals surface area contributed by atoms with Gasteiger partial charge in [0.15, 0.2) is 11.6 Å². The number of benzene rings is 1. The Morgan fingerprint density at radius 2 is 2.19 bits per heavy atom. The van der Waals surface area contributed by atoms with Crippen molar-refractivity contribution in [2.24, 2.45) is 0 Å². The highest BCUT2D eigenvalue weighted by molar-refractivity contribution is 9.10. The summed E-state index contributed by atoms with van der Waals surface area (Å²) in [5.41, 5.74) is 7.12. The van der Waals surface area contributed by atoms with Gasteiger partial charge in [-0.15, -0.1) is 0 Å². The molecule has 1 aromatic carbocycles. The zero-order chi connectivity index (χ0) is 11.1. The molecule has 0 saturated carbocycles. The van der Waals surface area contributed by atoms with E-state index in [1.54, 1.807) is 12.3 Å². The van der Waals surface area contributed by atoms with Crippen molar-refractivity contribution in [1.82, 2.24) is 5.16 Å². The molecule has 2 aromatic heterocycles. The zero-order valence-electron chi connectivity index (χ0n) is 8.11. The third-order valence-corrected chi connectivity index (χ3v) is 2.96. The maximum atomic E-state index is 5.52. The van der Waals surface area contributed by atoms with Gasteiger partial charge < -0.3 is 14.7 Å². The van der Waals surface area contributed by atoms with Crippen LogP contribution in [0.4, 0.5) is 5.82 Å². The Morgan fingerprint density at radius 3 is 2.94 bits per heavy atom. The lowest BCUT2D eigenvalue weighted by Crippen LogP contribution is -1.80. The molecule has 2 N–H and O–H groups in total. The highest BCUT2D eigenvalue weighted by Gasteiger charge is 2.13. The van der Waals surface area contributed by atoms with E-state index >= 15 is 0 Å². The average Bonchev–Trinajstić information content (AvgIpc) is 2.86. The first kappa shape index (κ1) is 9.47. The van der Waals surface area contributed by atoms with E-state index in [1.165, 1.54) is 0 Å². The monoisotopic (exact) mass is 278 g/mol. The molecule has 80 valence electrons. The maximum Gasteiger partial charge on any atom is 0.172 e. The number of anilines is 1. The number of hydrogen-bond acceptors (Lipinski definition) is 4. The quantitative estimate of drug-likeness (QED) is 0.741. The van der Waals surface area contributed by atoms with Gasteiger partial charge in [0.05, 0.1) is 10.0 Å². The van der Waals surface area contributed by atoms with Gasteiger partial charge in [0.2, 0.25) is 0 Å². The van der Waals surface area contributed by atoms with Crippen molar-refractivity contribution in [2.75, 3.05) is 5.73 Å². The summed E-state index contributed by atoms with van der Waals surface area (Å²) in [7, 11) is 0. The lowest BCUT2D eigenvalue weighted by molar-refractivity contribution is 0.435. The Balaban J connectivity index is 2.31. The Kier molecular flexibility index (Phi) is 2.00. The number of nitrogens with two attached hydrogens (primary N) is 1. The smallest absolute Gasteiger partial charge is 0.172 e. The molecular weight excluding hydrogens is 272 g/mol. The first-order valence-corrected chi connectivity index (χ1v) is 5.43. The molecule has 0 radical (unpaired) electrons. The van der Waals surface area contributed by atoms with Crippen molar-refractivity contribution in [2.45, 2.75) is 0 Å². The van der Waals surface area contributed by atoms with Crippen LogP contribution in [-0.4, -0.2) is 5.16 Å². The predicted molar refractivity (Wildman–Crippen MR) is 63.8 cm³/mol. The minimum Gasteiger partial charge on any atom is -0.462 e. The predicted octanol–water partition coefficient (Wildman–Crippen LogP) is 3.43. The Morgan fingerprint density at radius 1 is 1.31 bits per heavy atom. The van der Waals surface area contributed by atoms with Crippen LogP contribution in [0.2, 0.25) is 0 Å². The van der Waals surface area contributed by atoms with E-state index in [0.29, 0.717) is 11.6 Å². The number of hydrogen-bond donors (Lipinski definition) is 1. The molecule has 5 heteroatoms. The van der Waals surface area contributed by atoms with Crippen LogP contribution in [0.3, 0.4) is 0 Å². The number of para-hydroxylation sites is 1. The second-order valence-electron chi connectivity index (χ2n) is 3.38. The van der Waals surface area contributed by atoms with Crippen molar-refractivity contribution in [3.8, 4) is 11.3 Å². The average molecular weight is 279 g/mol. The molecule has 0 fully saturated rings. The van der Waals surface area contributed by atoms with Crippen molar-refractivity contribution < 1.29 is 8.94 Å². The molecule has 0 aliphatic heterocycles. The van der Waals surface area contributed by atoms with Gasteiger partial charge in [0.25, 0.3) is 0 Å². The van der Waals surface area contributed by atoms with E-state index in [0.717, 1.165) is 21.0 Å². The summed E-state index contributed by atoms with van der Waals surface area (Å²) >= 11 is 3.41. The summed E-state index contributed by atoms with van der Waals surface area (Å²) in [6.45, 7) is 0. The van der Waals surface area contributed by atoms with Crippen LogP contribution in [-0.2, 0) is 0 Å². The number of nitrogen functional groups attached to an aromatic ring is 1. The van der Waals surface area contributed by atoms with Crippen molar-refractivity contribution >= 4 is 32.7 Å². The SMILES string of the molecule is Nc1cc(-c2cccc3c(Br)coc23)on1. The molecule has 3 rings (SSSR count). The molecule has 0 atom stereocenters. The highest BCUT2D eigenvalue weighted by Crippen LogP contribution is 2.34. The third-order valence-electron chi connectivity index (χ3n) is 2.35. The molecule has 0 unspecified atom stereocenters. The van der Waals surface area contributed by atoms with Gasteiger partial charge in [-0.2, -0.15) is 0 Å². The molecule has 0 amide bonds. The number of furan rings is 1. The molecule has 0 spiro atoms. The zero-order valence-corrected chi connectivity index (χ0v) is 9.69. The number of rotatable bonds is 1. The van der Waals surface area contributed by atoms with Crippen molar-refractivity contribution in [3.05, 3.63) is 35.0 Å². The van der Waals surface area contributed by atoms with Crippen molar-refractivity contribution in [3.63, 3.8) is 0 Å². The van der Waals surface area contributed by atoms with Gasteiger partial charge in [0.1, 0.15) is 11.8 Å². The van der Waals surface area contributed by atoms with Gasteiger partial charge in [-0.05, 0) is 28.1 Å². The summed E-state index contributed by atoms with van der Waals surface area (Å²) in [6.07, 6.45) is 1.65.